The molecular formula is C14H19NO9. The lowest BCUT2D eigenvalue weighted by molar-refractivity contribution is -0.197. The highest BCUT2D eigenvalue weighted by atomic mass is 16.6. The highest BCUT2D eigenvalue weighted by Crippen LogP contribution is 2.41. The molecule has 0 aliphatic carbocycles. The molecule has 0 saturated heterocycles. The number of hydrogen-bond donors (Lipinski definition) is 0. The maximum Gasteiger partial charge on any atom is 0.366 e. The largest absolute Gasteiger partial charge is 0.467 e. The molecule has 0 spiro atoms. The first kappa shape index (κ1) is 19.4. The van der Waals surface area contributed by atoms with Crippen LogP contribution in [0.3, 0.4) is 0 Å². The van der Waals surface area contributed by atoms with Crippen molar-refractivity contribution in [2.75, 3.05) is 27.4 Å². The van der Waals surface area contributed by atoms with Crippen molar-refractivity contribution in [3.05, 3.63) is 0 Å². The number of rotatable bonds is 6. The molecule has 10 nitrogen and oxygen atoms in total. The summed E-state index contributed by atoms with van der Waals surface area (Å²) in [6.07, 6.45) is 0. The van der Waals surface area contributed by atoms with Gasteiger partial charge in [0.05, 0.1) is 27.4 Å². The molecule has 0 amide bonds. The molecule has 0 aromatic carbocycles. The van der Waals surface area contributed by atoms with E-state index >= 15 is 0 Å². The monoisotopic (exact) mass is 345 g/mol. The van der Waals surface area contributed by atoms with Crippen molar-refractivity contribution in [1.82, 2.24) is 0 Å². The quantitative estimate of drug-likeness (QED) is 0.352. The molecule has 0 atom stereocenters. The normalized spacial score (nSPS) is 17.1. The van der Waals surface area contributed by atoms with Gasteiger partial charge in [-0.2, -0.15) is 0 Å². The lowest BCUT2D eigenvalue weighted by Crippen LogP contribution is -2.70. The predicted octanol–water partition coefficient (Wildman–Crippen LogP) is -0.615. The van der Waals surface area contributed by atoms with Crippen LogP contribution >= 0.6 is 0 Å². The molecule has 0 aromatic heterocycles. The van der Waals surface area contributed by atoms with Crippen LogP contribution in [0.4, 0.5) is 0 Å². The van der Waals surface area contributed by atoms with Crippen LogP contribution in [-0.4, -0.2) is 68.3 Å². The summed E-state index contributed by atoms with van der Waals surface area (Å²) in [4.78, 5) is 53.6. The minimum absolute atomic E-state index is 0.152. The number of ether oxygens (including phenoxy) is 5. The van der Waals surface area contributed by atoms with Crippen molar-refractivity contribution >= 4 is 29.8 Å². The van der Waals surface area contributed by atoms with Gasteiger partial charge in [0, 0.05) is 6.92 Å². The Morgan fingerprint density at radius 1 is 0.917 bits per heavy atom. The number of carbonyl (C=O) groups is 4. The molecule has 1 rings (SSSR count). The van der Waals surface area contributed by atoms with Crippen molar-refractivity contribution in [1.29, 1.82) is 0 Å². The summed E-state index contributed by atoms with van der Waals surface area (Å²) in [5.41, 5.74) is -5.59. The zero-order valence-electron chi connectivity index (χ0n) is 14.0. The fourth-order valence-corrected chi connectivity index (χ4v) is 2.32. The summed E-state index contributed by atoms with van der Waals surface area (Å²) in [6.45, 7) is 3.89. The number of aliphatic imine (C=N–C) groups is 1. The fraction of sp³-hybridized carbons (Fsp3) is 0.643. The number of carbonyl (C=O) groups excluding carboxylic acids is 4. The fourth-order valence-electron chi connectivity index (χ4n) is 2.32. The van der Waals surface area contributed by atoms with Crippen LogP contribution in [0.2, 0.25) is 0 Å². The van der Waals surface area contributed by atoms with Gasteiger partial charge in [-0.1, -0.05) is 0 Å². The van der Waals surface area contributed by atoms with Gasteiger partial charge in [0.2, 0.25) is 0 Å². The number of hydrogen-bond acceptors (Lipinski definition) is 10. The lowest BCUT2D eigenvalue weighted by Gasteiger charge is -2.33. The number of methoxy groups -OCH3 is 2. The summed E-state index contributed by atoms with van der Waals surface area (Å²) >= 11 is 0. The van der Waals surface area contributed by atoms with Crippen LogP contribution < -0.4 is 0 Å². The van der Waals surface area contributed by atoms with Crippen LogP contribution in [0, 0.1) is 0 Å². The van der Waals surface area contributed by atoms with Crippen LogP contribution in [0.1, 0.15) is 20.8 Å². The molecule has 0 aromatic rings. The third-order valence-corrected chi connectivity index (χ3v) is 3.22. The minimum atomic E-state index is -2.83. The number of esters is 4. The van der Waals surface area contributed by atoms with E-state index in [-0.39, 0.29) is 19.1 Å². The summed E-state index contributed by atoms with van der Waals surface area (Å²) in [7, 11) is 1.91. The third kappa shape index (κ3) is 2.57. The van der Waals surface area contributed by atoms with Crippen LogP contribution in [-0.2, 0) is 42.9 Å². The molecular weight excluding hydrogens is 326 g/mol. The highest BCUT2D eigenvalue weighted by Gasteiger charge is 2.79. The van der Waals surface area contributed by atoms with Gasteiger partial charge >= 0.3 is 35.0 Å². The summed E-state index contributed by atoms with van der Waals surface area (Å²) in [6, 6.07) is 0. The Hall–Kier alpha value is -2.65. The van der Waals surface area contributed by atoms with Gasteiger partial charge in [-0.15, -0.1) is 0 Å². The Morgan fingerprint density at radius 2 is 1.33 bits per heavy atom. The maximum absolute atomic E-state index is 12.5. The Kier molecular flexibility index (Phi) is 5.88. The molecule has 0 bridgehead atoms. The first-order chi connectivity index (χ1) is 11.3. The Balaban J connectivity index is 3.75. The molecule has 1 aliphatic heterocycles. The molecule has 0 radical (unpaired) electrons. The van der Waals surface area contributed by atoms with E-state index in [2.05, 4.69) is 14.5 Å². The third-order valence-electron chi connectivity index (χ3n) is 3.22. The zero-order valence-corrected chi connectivity index (χ0v) is 14.0. The molecule has 0 unspecified atom stereocenters. The van der Waals surface area contributed by atoms with Gasteiger partial charge < -0.3 is 23.7 Å². The van der Waals surface area contributed by atoms with E-state index in [1.54, 1.807) is 0 Å². The topological polar surface area (TPSA) is 127 Å². The molecule has 10 heteroatoms. The van der Waals surface area contributed by atoms with E-state index in [0.717, 1.165) is 14.2 Å². The van der Waals surface area contributed by atoms with Crippen molar-refractivity contribution in [3.63, 3.8) is 0 Å². The van der Waals surface area contributed by atoms with E-state index in [1.807, 2.05) is 0 Å². The van der Waals surface area contributed by atoms with Gasteiger partial charge in [0.1, 0.15) is 0 Å². The van der Waals surface area contributed by atoms with Gasteiger partial charge in [0.25, 0.3) is 0 Å². The summed E-state index contributed by atoms with van der Waals surface area (Å²) in [5.74, 6) is -5.58. The average molecular weight is 345 g/mol. The molecule has 0 fully saturated rings. The second kappa shape index (κ2) is 7.28. The predicted molar refractivity (Wildman–Crippen MR) is 77.0 cm³/mol. The first-order valence-corrected chi connectivity index (χ1v) is 7.05. The average Bonchev–Trinajstić information content (AvgIpc) is 2.89. The zero-order chi connectivity index (χ0) is 18.5. The summed E-state index contributed by atoms with van der Waals surface area (Å²) in [5, 5.41) is 0. The lowest BCUT2D eigenvalue weighted by atomic mass is 9.79. The standard InChI is InChI=1S/C14H19NO9/c1-6-22-11(18)14(12(19)23-7-2)13(9(16)20-4,10(17)21-5)15-8(3)24-14/h6-7H2,1-5H3. The SMILES string of the molecule is CCOC(=O)C1(C(=O)OCC)OC(C)=NC1(C(=O)OC)C(=O)OC. The molecule has 24 heavy (non-hydrogen) atoms. The second-order valence-electron chi connectivity index (χ2n) is 4.55. The molecule has 134 valence electrons. The second-order valence-corrected chi connectivity index (χ2v) is 4.55. The van der Waals surface area contributed by atoms with Crippen molar-refractivity contribution < 1.29 is 42.9 Å². The minimum Gasteiger partial charge on any atom is -0.467 e. The van der Waals surface area contributed by atoms with Gasteiger partial charge in [0.15, 0.2) is 5.90 Å². The van der Waals surface area contributed by atoms with Crippen LogP contribution in [0.5, 0.6) is 0 Å². The van der Waals surface area contributed by atoms with E-state index in [0.29, 0.717) is 0 Å². The highest BCUT2D eigenvalue weighted by molar-refractivity contribution is 6.23. The first-order valence-electron chi connectivity index (χ1n) is 7.05. The van der Waals surface area contributed by atoms with E-state index in [4.69, 9.17) is 14.2 Å². The van der Waals surface area contributed by atoms with Crippen molar-refractivity contribution in [2.24, 2.45) is 4.99 Å². The Bertz CT molecular complexity index is 547. The summed E-state index contributed by atoms with van der Waals surface area (Å²) < 4.78 is 24.1. The molecule has 0 N–H and O–H groups in total. The van der Waals surface area contributed by atoms with E-state index in [1.165, 1.54) is 20.8 Å². The smallest absolute Gasteiger partial charge is 0.366 e. The molecule has 1 heterocycles. The van der Waals surface area contributed by atoms with Gasteiger partial charge in [-0.05, 0) is 13.8 Å². The van der Waals surface area contributed by atoms with Crippen LogP contribution in [0.15, 0.2) is 4.99 Å². The molecule has 0 saturated carbocycles. The Morgan fingerprint density at radius 3 is 1.67 bits per heavy atom. The van der Waals surface area contributed by atoms with Gasteiger partial charge in [-0.3, -0.25) is 0 Å². The number of nitrogens with zero attached hydrogens (tertiary/aromatic N) is 1. The van der Waals surface area contributed by atoms with Crippen molar-refractivity contribution in [3.8, 4) is 0 Å². The molecule has 1 aliphatic rings. The van der Waals surface area contributed by atoms with Gasteiger partial charge in [-0.25, -0.2) is 24.2 Å². The Labute approximate surface area is 138 Å². The van der Waals surface area contributed by atoms with Crippen LogP contribution in [0.25, 0.3) is 0 Å². The van der Waals surface area contributed by atoms with Crippen molar-refractivity contribution in [2.45, 2.75) is 31.9 Å². The van der Waals surface area contributed by atoms with E-state index in [9.17, 15) is 19.2 Å². The maximum atomic E-state index is 12.5. The van der Waals surface area contributed by atoms with E-state index < -0.39 is 35.0 Å².